The molecule has 1 heterocycles. The number of halogens is 4. The Morgan fingerprint density at radius 2 is 1.59 bits per heavy atom. The van der Waals surface area contributed by atoms with Gasteiger partial charge in [-0.3, -0.25) is 0 Å². The lowest BCUT2D eigenvalue weighted by atomic mass is 9.66. The molecule has 17 heavy (non-hydrogen) atoms. The molecule has 5 heteroatoms. The molecule has 0 aromatic heterocycles. The Hall–Kier alpha value is 0.0700. The van der Waals surface area contributed by atoms with Crippen molar-refractivity contribution in [3.63, 3.8) is 0 Å². The number of thioether (sulfide) groups is 1. The standard InChI is InChI=1S/C12H16F4S/c1-9(2)7-3-4-8(5-7)10(9)6-11(13,14)12(15,16)17-10/h7-8H,3-6H2,1-2H3/t7-,8+,10-/m0/s1. The molecule has 3 rings (SSSR count). The van der Waals surface area contributed by atoms with Gasteiger partial charge in [-0.25, -0.2) is 0 Å². The fourth-order valence-corrected chi connectivity index (χ4v) is 6.03. The van der Waals surface area contributed by atoms with Crippen LogP contribution in [-0.2, 0) is 0 Å². The Morgan fingerprint density at radius 1 is 1.00 bits per heavy atom. The first kappa shape index (κ1) is 12.1. The van der Waals surface area contributed by atoms with Crippen LogP contribution in [0.25, 0.3) is 0 Å². The zero-order valence-electron chi connectivity index (χ0n) is 9.90. The van der Waals surface area contributed by atoms with E-state index in [2.05, 4.69) is 0 Å². The predicted molar refractivity (Wildman–Crippen MR) is 59.4 cm³/mol. The summed E-state index contributed by atoms with van der Waals surface area (Å²) in [5, 5.41) is -3.89. The van der Waals surface area contributed by atoms with Crippen molar-refractivity contribution in [1.82, 2.24) is 0 Å². The van der Waals surface area contributed by atoms with E-state index in [0.717, 1.165) is 19.3 Å². The van der Waals surface area contributed by atoms with Crippen LogP contribution in [-0.4, -0.2) is 15.9 Å². The minimum atomic E-state index is -3.89. The summed E-state index contributed by atoms with van der Waals surface area (Å²) in [5.74, 6) is -3.46. The lowest BCUT2D eigenvalue weighted by Crippen LogP contribution is -2.46. The lowest BCUT2D eigenvalue weighted by Gasteiger charge is -2.46. The van der Waals surface area contributed by atoms with Gasteiger partial charge in [-0.1, -0.05) is 25.6 Å². The highest BCUT2D eigenvalue weighted by Gasteiger charge is 2.77. The van der Waals surface area contributed by atoms with Gasteiger partial charge in [0.1, 0.15) is 0 Å². The van der Waals surface area contributed by atoms with Gasteiger partial charge >= 0.3 is 11.2 Å². The molecule has 2 bridgehead atoms. The monoisotopic (exact) mass is 268 g/mol. The van der Waals surface area contributed by atoms with Crippen molar-refractivity contribution >= 4 is 11.8 Å². The van der Waals surface area contributed by atoms with E-state index in [9.17, 15) is 17.6 Å². The van der Waals surface area contributed by atoms with Gasteiger partial charge in [0.05, 0.1) is 0 Å². The maximum Gasteiger partial charge on any atom is 0.356 e. The zero-order chi connectivity index (χ0) is 12.7. The average Bonchev–Trinajstić information content (AvgIpc) is 2.72. The van der Waals surface area contributed by atoms with Gasteiger partial charge in [-0.05, 0) is 36.5 Å². The molecule has 0 nitrogen and oxygen atoms in total. The van der Waals surface area contributed by atoms with E-state index < -0.39 is 27.8 Å². The highest BCUT2D eigenvalue weighted by molar-refractivity contribution is 8.02. The van der Waals surface area contributed by atoms with E-state index in [0.29, 0.717) is 5.92 Å². The van der Waals surface area contributed by atoms with Crippen LogP contribution in [0.15, 0.2) is 0 Å². The third-order valence-corrected chi connectivity index (χ3v) is 7.35. The van der Waals surface area contributed by atoms with E-state index in [1.807, 2.05) is 13.8 Å². The van der Waals surface area contributed by atoms with Crippen LogP contribution in [0.3, 0.4) is 0 Å². The van der Waals surface area contributed by atoms with Crippen LogP contribution in [0.1, 0.15) is 39.5 Å². The molecule has 3 aliphatic rings. The molecule has 0 unspecified atom stereocenters. The highest BCUT2D eigenvalue weighted by atomic mass is 32.2. The average molecular weight is 268 g/mol. The summed E-state index contributed by atoms with van der Waals surface area (Å²) in [4.78, 5) is 0. The maximum absolute atomic E-state index is 13.5. The molecule has 1 saturated heterocycles. The van der Waals surface area contributed by atoms with Crippen molar-refractivity contribution in [2.45, 2.75) is 55.5 Å². The lowest BCUT2D eigenvalue weighted by molar-refractivity contribution is -0.152. The second kappa shape index (κ2) is 2.97. The van der Waals surface area contributed by atoms with Gasteiger partial charge in [0, 0.05) is 11.2 Å². The predicted octanol–water partition coefficient (Wildman–Crippen LogP) is 4.55. The molecule has 1 spiro atoms. The summed E-state index contributed by atoms with van der Waals surface area (Å²) in [6.07, 6.45) is 2.06. The third kappa shape index (κ3) is 1.22. The van der Waals surface area contributed by atoms with Gasteiger partial charge in [0.25, 0.3) is 0 Å². The van der Waals surface area contributed by atoms with E-state index in [4.69, 9.17) is 0 Å². The van der Waals surface area contributed by atoms with Crippen LogP contribution >= 0.6 is 11.8 Å². The van der Waals surface area contributed by atoms with Gasteiger partial charge in [-0.15, -0.1) is 0 Å². The van der Waals surface area contributed by atoms with Crippen molar-refractivity contribution in [3.8, 4) is 0 Å². The van der Waals surface area contributed by atoms with E-state index in [-0.39, 0.29) is 17.7 Å². The van der Waals surface area contributed by atoms with Crippen LogP contribution in [0.2, 0.25) is 0 Å². The van der Waals surface area contributed by atoms with Crippen LogP contribution in [0.5, 0.6) is 0 Å². The Kier molecular flexibility index (Phi) is 2.12. The summed E-state index contributed by atoms with van der Waals surface area (Å²) < 4.78 is 53.1. The molecule has 0 radical (unpaired) electrons. The summed E-state index contributed by atoms with van der Waals surface area (Å²) >= 11 is 0.271. The molecule has 3 atom stereocenters. The van der Waals surface area contributed by atoms with Gasteiger partial charge < -0.3 is 0 Å². The molecule has 0 N–H and O–H groups in total. The smallest absolute Gasteiger partial charge is 0.199 e. The second-order valence-electron chi connectivity index (χ2n) is 6.32. The molecule has 2 aliphatic carbocycles. The van der Waals surface area contributed by atoms with Crippen LogP contribution in [0.4, 0.5) is 17.6 Å². The first-order chi connectivity index (χ1) is 7.62. The molecule has 0 amide bonds. The minimum Gasteiger partial charge on any atom is -0.199 e. The normalized spacial score (nSPS) is 49.1. The first-order valence-electron chi connectivity index (χ1n) is 6.08. The Morgan fingerprint density at radius 3 is 2.00 bits per heavy atom. The minimum absolute atomic E-state index is 0.0479. The van der Waals surface area contributed by atoms with Crippen LogP contribution < -0.4 is 0 Å². The molecule has 1 aliphatic heterocycles. The van der Waals surface area contributed by atoms with Gasteiger partial charge in [-0.2, -0.15) is 17.6 Å². The largest absolute Gasteiger partial charge is 0.356 e. The SMILES string of the molecule is CC1(C)[C@H]2CC[C@H](C2)[C@@]12CC(F)(F)C(F)(F)S2. The molecule has 98 valence electrons. The van der Waals surface area contributed by atoms with Crippen molar-refractivity contribution in [1.29, 1.82) is 0 Å². The summed E-state index contributed by atoms with van der Waals surface area (Å²) in [5.41, 5.74) is -0.399. The number of fused-ring (bicyclic) bond motifs is 3. The topological polar surface area (TPSA) is 0 Å². The molecule has 0 aromatic carbocycles. The molecule has 2 saturated carbocycles. The molecule has 3 fully saturated rings. The fourth-order valence-electron chi connectivity index (χ4n) is 4.29. The third-order valence-electron chi connectivity index (χ3n) is 5.42. The number of hydrogen-bond donors (Lipinski definition) is 0. The summed E-state index contributed by atoms with van der Waals surface area (Å²) in [7, 11) is 0. The van der Waals surface area contributed by atoms with Crippen LogP contribution in [0, 0.1) is 17.3 Å². The van der Waals surface area contributed by atoms with E-state index >= 15 is 0 Å². The van der Waals surface area contributed by atoms with Gasteiger partial charge in [0.2, 0.25) is 0 Å². The Labute approximate surface area is 103 Å². The summed E-state index contributed by atoms with van der Waals surface area (Å²) in [6.45, 7) is 3.81. The summed E-state index contributed by atoms with van der Waals surface area (Å²) in [6, 6.07) is 0. The Balaban J connectivity index is 2.05. The van der Waals surface area contributed by atoms with E-state index in [1.54, 1.807) is 0 Å². The number of hydrogen-bond acceptors (Lipinski definition) is 1. The molecule has 0 aromatic rings. The number of alkyl halides is 4. The molecular formula is C12H16F4S. The van der Waals surface area contributed by atoms with Crippen molar-refractivity contribution in [3.05, 3.63) is 0 Å². The van der Waals surface area contributed by atoms with Crippen molar-refractivity contribution in [2.24, 2.45) is 17.3 Å². The Bertz CT molecular complexity index is 348. The second-order valence-corrected chi connectivity index (χ2v) is 7.76. The van der Waals surface area contributed by atoms with Crippen molar-refractivity contribution < 1.29 is 17.6 Å². The van der Waals surface area contributed by atoms with Gasteiger partial charge in [0.15, 0.2) is 0 Å². The van der Waals surface area contributed by atoms with Crippen molar-refractivity contribution in [2.75, 3.05) is 0 Å². The zero-order valence-corrected chi connectivity index (χ0v) is 10.7. The quantitative estimate of drug-likeness (QED) is 0.581. The fraction of sp³-hybridized carbons (Fsp3) is 1.00. The highest BCUT2D eigenvalue weighted by Crippen LogP contribution is 2.76. The van der Waals surface area contributed by atoms with E-state index in [1.165, 1.54) is 0 Å². The number of rotatable bonds is 0. The molecular weight excluding hydrogens is 252 g/mol. The maximum atomic E-state index is 13.5. The first-order valence-corrected chi connectivity index (χ1v) is 6.90.